The number of hydrogen-bond acceptors (Lipinski definition) is 5. The van der Waals surface area contributed by atoms with Gasteiger partial charge in [0.1, 0.15) is 5.84 Å². The number of fused-ring (bicyclic) bond motifs is 1. The minimum absolute atomic E-state index is 0.306. The Balaban J connectivity index is 0.000000358. The molecule has 6 nitrogen and oxygen atoms in total. The lowest BCUT2D eigenvalue weighted by Gasteiger charge is -2.31. The first kappa shape index (κ1) is 35.0. The Labute approximate surface area is 277 Å². The molecule has 2 aliphatic carbocycles. The van der Waals surface area contributed by atoms with Crippen molar-refractivity contribution in [1.82, 2.24) is 20.3 Å². The molecule has 0 bridgehead atoms. The number of nitrogens with one attached hydrogen (secondary N) is 3. The number of aliphatic imine (C=N–C) groups is 2. The molecule has 2 atom stereocenters. The zero-order valence-corrected chi connectivity index (χ0v) is 28.7. The Morgan fingerprint density at radius 2 is 1.62 bits per heavy atom. The molecule has 45 heavy (non-hydrogen) atoms. The first-order valence-corrected chi connectivity index (χ1v) is 18.3. The lowest BCUT2D eigenvalue weighted by atomic mass is 9.89. The second-order valence-corrected chi connectivity index (χ2v) is 13.2. The van der Waals surface area contributed by atoms with Crippen LogP contribution in [0, 0.1) is 5.92 Å². The predicted molar refractivity (Wildman–Crippen MR) is 195 cm³/mol. The normalized spacial score (nSPS) is 23.9. The van der Waals surface area contributed by atoms with E-state index in [1.54, 1.807) is 11.9 Å². The maximum absolute atomic E-state index is 5.32. The van der Waals surface area contributed by atoms with E-state index in [-0.39, 0.29) is 0 Å². The number of nitrogens with zero attached hydrogens (tertiary/aromatic N) is 3. The molecule has 0 aromatic heterocycles. The summed E-state index contributed by atoms with van der Waals surface area (Å²) in [7, 11) is 1.91. The van der Waals surface area contributed by atoms with Gasteiger partial charge in [-0.15, -0.1) is 0 Å². The summed E-state index contributed by atoms with van der Waals surface area (Å²) >= 11 is 1.63. The number of allylic oxidation sites excluding steroid dienone is 3. The van der Waals surface area contributed by atoms with Crippen LogP contribution in [0.1, 0.15) is 83.6 Å². The van der Waals surface area contributed by atoms with Gasteiger partial charge in [0.2, 0.25) is 0 Å². The molecule has 0 radical (unpaired) electrons. The SMILES string of the molecule is C1=CCCC2NC(=NCC3CCCCC3)NC(=NC3CCCN(Cc4ccccc4)CC3)C2=C1.CC.CNSc1ccccc1. The maximum Gasteiger partial charge on any atom is 0.197 e. The third-order valence-corrected chi connectivity index (χ3v) is 9.49. The van der Waals surface area contributed by atoms with E-state index in [1.807, 2.05) is 39.1 Å². The Morgan fingerprint density at radius 3 is 2.38 bits per heavy atom. The Hall–Kier alpha value is -2.87. The molecule has 2 aromatic rings. The van der Waals surface area contributed by atoms with Crippen LogP contribution in [0.2, 0.25) is 0 Å². The summed E-state index contributed by atoms with van der Waals surface area (Å²) in [5.41, 5.74) is 2.71. The van der Waals surface area contributed by atoms with Gasteiger partial charge in [0.05, 0.1) is 12.1 Å². The average molecular weight is 629 g/mol. The molecule has 7 heteroatoms. The second-order valence-electron chi connectivity index (χ2n) is 12.1. The summed E-state index contributed by atoms with van der Waals surface area (Å²) in [6.45, 7) is 8.25. The van der Waals surface area contributed by atoms with Crippen molar-refractivity contribution in [2.24, 2.45) is 15.9 Å². The van der Waals surface area contributed by atoms with Crippen LogP contribution in [0.5, 0.6) is 0 Å². The summed E-state index contributed by atoms with van der Waals surface area (Å²) in [5.74, 6) is 2.74. The molecule has 0 spiro atoms. The van der Waals surface area contributed by atoms with E-state index < -0.39 is 0 Å². The van der Waals surface area contributed by atoms with Crippen molar-refractivity contribution in [2.45, 2.75) is 102 Å². The van der Waals surface area contributed by atoms with Crippen LogP contribution in [0.3, 0.4) is 0 Å². The molecule has 0 amide bonds. The van der Waals surface area contributed by atoms with Crippen molar-refractivity contribution in [1.29, 1.82) is 0 Å². The van der Waals surface area contributed by atoms with E-state index in [1.165, 1.54) is 54.6 Å². The van der Waals surface area contributed by atoms with Crippen molar-refractivity contribution in [2.75, 3.05) is 26.7 Å². The third-order valence-electron chi connectivity index (χ3n) is 8.78. The molecule has 2 saturated heterocycles. The summed E-state index contributed by atoms with van der Waals surface area (Å²) in [5, 5.41) is 7.30. The first-order chi connectivity index (χ1) is 22.3. The molecule has 1 saturated carbocycles. The van der Waals surface area contributed by atoms with Crippen LogP contribution in [0.4, 0.5) is 0 Å². The number of guanidine groups is 1. The van der Waals surface area contributed by atoms with E-state index in [0.717, 1.165) is 69.6 Å². The number of rotatable bonds is 7. The highest BCUT2D eigenvalue weighted by atomic mass is 32.2. The van der Waals surface area contributed by atoms with Crippen molar-refractivity contribution in [3.05, 3.63) is 90.0 Å². The lowest BCUT2D eigenvalue weighted by molar-refractivity contribution is 0.276. The Kier molecular flexibility index (Phi) is 15.8. The Morgan fingerprint density at radius 1 is 0.867 bits per heavy atom. The van der Waals surface area contributed by atoms with Crippen LogP contribution in [-0.2, 0) is 6.54 Å². The van der Waals surface area contributed by atoms with Gasteiger partial charge >= 0.3 is 0 Å². The number of benzene rings is 2. The fourth-order valence-corrected chi connectivity index (χ4v) is 6.95. The number of hydrogen-bond donors (Lipinski definition) is 3. The largest absolute Gasteiger partial charge is 0.349 e. The van der Waals surface area contributed by atoms with Gasteiger partial charge in [0.25, 0.3) is 0 Å². The molecule has 6 rings (SSSR count). The monoisotopic (exact) mass is 628 g/mol. The van der Waals surface area contributed by atoms with Gasteiger partial charge in [-0.1, -0.05) is 99.9 Å². The van der Waals surface area contributed by atoms with Crippen molar-refractivity contribution < 1.29 is 0 Å². The van der Waals surface area contributed by atoms with Crippen LogP contribution in [0.15, 0.2) is 99.3 Å². The van der Waals surface area contributed by atoms with Gasteiger partial charge in [-0.05, 0) is 94.1 Å². The minimum Gasteiger partial charge on any atom is -0.349 e. The van der Waals surface area contributed by atoms with E-state index in [0.29, 0.717) is 12.1 Å². The summed E-state index contributed by atoms with van der Waals surface area (Å²) < 4.78 is 3.00. The van der Waals surface area contributed by atoms with Crippen LogP contribution >= 0.6 is 11.9 Å². The van der Waals surface area contributed by atoms with Crippen molar-refractivity contribution in [3.8, 4) is 0 Å². The molecular weight excluding hydrogens is 573 g/mol. The molecule has 2 aliphatic heterocycles. The van der Waals surface area contributed by atoms with Crippen molar-refractivity contribution in [3.63, 3.8) is 0 Å². The molecule has 3 N–H and O–H groups in total. The lowest BCUT2D eigenvalue weighted by Crippen LogP contribution is -2.55. The van der Waals surface area contributed by atoms with Gasteiger partial charge in [0, 0.05) is 30.1 Å². The molecule has 2 aromatic carbocycles. The summed E-state index contributed by atoms with van der Waals surface area (Å²) in [6, 6.07) is 21.7. The maximum atomic E-state index is 5.32. The predicted octanol–water partition coefficient (Wildman–Crippen LogP) is 8.15. The highest BCUT2D eigenvalue weighted by Gasteiger charge is 2.28. The molecule has 2 unspecified atom stereocenters. The quantitative estimate of drug-likeness (QED) is 0.270. The van der Waals surface area contributed by atoms with Gasteiger partial charge in [-0.25, -0.2) is 0 Å². The van der Waals surface area contributed by atoms with Gasteiger partial charge in [-0.3, -0.25) is 19.6 Å². The zero-order chi connectivity index (χ0) is 31.5. The molecule has 3 fully saturated rings. The minimum atomic E-state index is 0.306. The topological polar surface area (TPSA) is 64.0 Å². The van der Waals surface area contributed by atoms with E-state index in [9.17, 15) is 0 Å². The fourth-order valence-electron chi connectivity index (χ4n) is 6.42. The smallest absolute Gasteiger partial charge is 0.197 e. The van der Waals surface area contributed by atoms with Gasteiger partial charge < -0.3 is 10.6 Å². The van der Waals surface area contributed by atoms with Gasteiger partial charge in [0.15, 0.2) is 5.96 Å². The summed E-state index contributed by atoms with van der Waals surface area (Å²) in [6.07, 6.45) is 19.2. The molecular formula is C38H56N6S. The summed E-state index contributed by atoms with van der Waals surface area (Å²) in [4.78, 5) is 14.2. The van der Waals surface area contributed by atoms with E-state index in [2.05, 4.69) is 80.9 Å². The standard InChI is InChI=1S/C29H41N5.C7H9NS.C2H6/c1-4-11-23(12-5-1)21-30-29-32-27-17-9-3-8-16-26(27)28(33-29)31-25-15-10-19-34(20-18-25)22-24-13-6-2-7-14-24;1-8-9-7-5-3-2-4-6-7;1-2/h2-3,6-8,13-14,16,23,25,27H,1,4-5,9-12,15,17-22H2,(H2,30,31,32,33);2-6,8H,1H3;1-2H3. The highest BCUT2D eigenvalue weighted by molar-refractivity contribution is 7.97. The zero-order valence-electron chi connectivity index (χ0n) is 27.9. The fraction of sp³-hybridized carbons (Fsp3) is 0.526. The van der Waals surface area contributed by atoms with Crippen molar-refractivity contribution >= 4 is 23.7 Å². The van der Waals surface area contributed by atoms with Gasteiger partial charge in [-0.2, -0.15) is 0 Å². The molecule has 4 aliphatic rings. The number of amidine groups is 1. The first-order valence-electron chi connectivity index (χ1n) is 17.4. The van der Waals surface area contributed by atoms with Crippen LogP contribution < -0.4 is 15.4 Å². The average Bonchev–Trinajstić information content (AvgIpc) is 3.47. The highest BCUT2D eigenvalue weighted by Crippen LogP contribution is 2.25. The molecule has 244 valence electrons. The van der Waals surface area contributed by atoms with E-state index >= 15 is 0 Å². The van der Waals surface area contributed by atoms with Crippen LogP contribution in [0.25, 0.3) is 0 Å². The third kappa shape index (κ3) is 12.1. The Bertz CT molecular complexity index is 1220. The molecule has 2 heterocycles. The second kappa shape index (κ2) is 20.3. The number of likely N-dealkylation sites (tertiary alicyclic amines) is 1. The van der Waals surface area contributed by atoms with Crippen LogP contribution in [-0.4, -0.2) is 55.5 Å². The van der Waals surface area contributed by atoms with E-state index in [4.69, 9.17) is 9.98 Å².